The zero-order chi connectivity index (χ0) is 23.1. The van der Waals surface area contributed by atoms with Crippen molar-refractivity contribution >= 4 is 39.6 Å². The monoisotopic (exact) mass is 525 g/mol. The lowest BCUT2D eigenvalue weighted by Gasteiger charge is -2.30. The summed E-state index contributed by atoms with van der Waals surface area (Å²) in [7, 11) is 0. The number of carboxylic acids is 1. The van der Waals surface area contributed by atoms with Crippen molar-refractivity contribution in [3.8, 4) is 11.1 Å². The second kappa shape index (κ2) is 8.84. The van der Waals surface area contributed by atoms with Gasteiger partial charge < -0.3 is 9.84 Å². The maximum absolute atomic E-state index is 13.3. The van der Waals surface area contributed by atoms with Gasteiger partial charge in [-0.25, -0.2) is 9.59 Å². The summed E-state index contributed by atoms with van der Waals surface area (Å²) < 4.78 is 6.34. The van der Waals surface area contributed by atoms with Crippen molar-refractivity contribution in [3.63, 3.8) is 0 Å². The maximum atomic E-state index is 13.3. The molecule has 1 amide bonds. The number of carbonyl (C=O) groups is 2. The highest BCUT2D eigenvalue weighted by atomic mass is 79.9. The van der Waals surface area contributed by atoms with Crippen molar-refractivity contribution in [2.24, 2.45) is 0 Å². The van der Waals surface area contributed by atoms with Gasteiger partial charge >= 0.3 is 12.1 Å². The Morgan fingerprint density at radius 3 is 2.18 bits per heavy atom. The molecule has 1 saturated carbocycles. The molecule has 3 aromatic carbocycles. The minimum Gasteiger partial charge on any atom is -0.479 e. The minimum atomic E-state index is -1.17. The van der Waals surface area contributed by atoms with Crippen LogP contribution in [0.25, 0.3) is 11.1 Å². The first-order valence-corrected chi connectivity index (χ1v) is 11.9. The average molecular weight is 527 g/mol. The first-order valence-electron chi connectivity index (χ1n) is 10.8. The molecule has 0 spiro atoms. The van der Waals surface area contributed by atoms with Crippen molar-refractivity contribution < 1.29 is 19.4 Å². The summed E-state index contributed by atoms with van der Waals surface area (Å²) in [5, 5.41) is 10.5. The predicted octanol–water partition coefficient (Wildman–Crippen LogP) is 6.64. The first kappa shape index (κ1) is 22.0. The molecule has 2 aliphatic rings. The average Bonchev–Trinajstić information content (AvgIpc) is 3.58. The molecule has 5 nitrogen and oxygen atoms in total. The van der Waals surface area contributed by atoms with Crippen LogP contribution in [0.15, 0.2) is 71.2 Å². The van der Waals surface area contributed by atoms with E-state index >= 15 is 0 Å². The van der Waals surface area contributed by atoms with E-state index in [9.17, 15) is 14.7 Å². The van der Waals surface area contributed by atoms with E-state index in [4.69, 9.17) is 16.3 Å². The van der Waals surface area contributed by atoms with Crippen LogP contribution in [0.2, 0.25) is 5.02 Å². The SMILES string of the molecule is O=C(O)C(c1ccc(Cl)cc1Br)N(C(=O)OCC1c2ccccc2-c2ccccc21)C1CC1. The highest BCUT2D eigenvalue weighted by Gasteiger charge is 2.43. The lowest BCUT2D eigenvalue weighted by atomic mass is 9.98. The van der Waals surface area contributed by atoms with Crippen LogP contribution in [0.3, 0.4) is 0 Å². The van der Waals surface area contributed by atoms with Crippen molar-refractivity contribution in [2.45, 2.75) is 30.8 Å². The third-order valence-corrected chi connectivity index (χ3v) is 7.18. The van der Waals surface area contributed by atoms with E-state index < -0.39 is 18.1 Å². The van der Waals surface area contributed by atoms with E-state index in [0.29, 0.717) is 15.1 Å². The molecule has 5 rings (SSSR count). The van der Waals surface area contributed by atoms with Crippen LogP contribution in [0.1, 0.15) is 41.5 Å². The molecule has 168 valence electrons. The summed E-state index contributed by atoms with van der Waals surface area (Å²) in [5.74, 6) is -1.20. The van der Waals surface area contributed by atoms with Crippen molar-refractivity contribution in [2.75, 3.05) is 6.61 Å². The van der Waals surface area contributed by atoms with Crippen molar-refractivity contribution in [1.29, 1.82) is 0 Å². The summed E-state index contributed by atoms with van der Waals surface area (Å²) in [4.78, 5) is 27.0. The van der Waals surface area contributed by atoms with Crippen LogP contribution < -0.4 is 0 Å². The Morgan fingerprint density at radius 2 is 1.64 bits per heavy atom. The largest absolute Gasteiger partial charge is 0.479 e. The Hall–Kier alpha value is -2.83. The van der Waals surface area contributed by atoms with Gasteiger partial charge in [0.1, 0.15) is 6.61 Å². The fourth-order valence-corrected chi connectivity index (χ4v) is 5.51. The maximum Gasteiger partial charge on any atom is 0.411 e. The van der Waals surface area contributed by atoms with E-state index in [-0.39, 0.29) is 18.6 Å². The summed E-state index contributed by atoms with van der Waals surface area (Å²) in [6.45, 7) is 0.143. The Kier molecular flexibility index (Phi) is 5.89. The van der Waals surface area contributed by atoms with Gasteiger partial charge in [-0.15, -0.1) is 0 Å². The molecule has 3 aromatic rings. The van der Waals surface area contributed by atoms with Crippen LogP contribution in [-0.4, -0.2) is 34.7 Å². The number of fused-ring (bicyclic) bond motifs is 3. The van der Waals surface area contributed by atoms with Gasteiger partial charge in [-0.3, -0.25) is 4.90 Å². The van der Waals surface area contributed by atoms with Gasteiger partial charge in [0, 0.05) is 27.0 Å². The van der Waals surface area contributed by atoms with Crippen LogP contribution in [0, 0.1) is 0 Å². The number of ether oxygens (including phenoxy) is 1. The lowest BCUT2D eigenvalue weighted by molar-refractivity contribution is -0.143. The number of carboxylic acid groups (broad SMARTS) is 1. The van der Waals surface area contributed by atoms with Crippen molar-refractivity contribution in [3.05, 3.63) is 92.9 Å². The molecule has 0 radical (unpaired) electrons. The number of hydrogen-bond acceptors (Lipinski definition) is 3. The summed E-state index contributed by atoms with van der Waals surface area (Å²) >= 11 is 9.45. The molecule has 1 N–H and O–H groups in total. The zero-order valence-electron chi connectivity index (χ0n) is 17.6. The number of rotatable bonds is 6. The fourth-order valence-electron chi connectivity index (χ4n) is 4.61. The number of carbonyl (C=O) groups excluding carboxylic acids is 1. The molecule has 0 aromatic heterocycles. The lowest BCUT2D eigenvalue weighted by Crippen LogP contribution is -2.41. The highest BCUT2D eigenvalue weighted by molar-refractivity contribution is 9.10. The second-order valence-corrected chi connectivity index (χ2v) is 9.64. The molecule has 0 heterocycles. The first-order chi connectivity index (χ1) is 16.0. The molecular formula is C26H21BrClNO4. The van der Waals surface area contributed by atoms with Crippen LogP contribution in [0.5, 0.6) is 0 Å². The van der Waals surface area contributed by atoms with Crippen LogP contribution >= 0.6 is 27.5 Å². The third kappa shape index (κ3) is 4.13. The van der Waals surface area contributed by atoms with Gasteiger partial charge in [-0.05, 0) is 47.2 Å². The number of halogens is 2. The Bertz CT molecular complexity index is 1200. The molecule has 0 saturated heterocycles. The zero-order valence-corrected chi connectivity index (χ0v) is 19.9. The molecule has 2 aliphatic carbocycles. The number of amides is 1. The van der Waals surface area contributed by atoms with Crippen LogP contribution in [0.4, 0.5) is 4.79 Å². The number of hydrogen-bond donors (Lipinski definition) is 1. The Labute approximate surface area is 205 Å². The minimum absolute atomic E-state index is 0.0899. The summed E-state index contributed by atoms with van der Waals surface area (Å²) in [6, 6.07) is 19.8. The number of aliphatic carboxylic acids is 1. The van der Waals surface area contributed by atoms with Gasteiger partial charge in [0.2, 0.25) is 0 Å². The van der Waals surface area contributed by atoms with Gasteiger partial charge in [0.15, 0.2) is 6.04 Å². The molecule has 7 heteroatoms. The Morgan fingerprint density at radius 1 is 1.03 bits per heavy atom. The van der Waals surface area contributed by atoms with Crippen LogP contribution in [-0.2, 0) is 9.53 Å². The van der Waals surface area contributed by atoms with E-state index in [0.717, 1.165) is 35.1 Å². The highest BCUT2D eigenvalue weighted by Crippen LogP contribution is 2.45. The molecule has 1 unspecified atom stereocenters. The number of nitrogens with zero attached hydrogens (tertiary/aromatic N) is 1. The molecule has 1 atom stereocenters. The van der Waals surface area contributed by atoms with E-state index in [1.165, 1.54) is 4.90 Å². The van der Waals surface area contributed by atoms with E-state index in [1.807, 2.05) is 24.3 Å². The predicted molar refractivity (Wildman–Crippen MR) is 129 cm³/mol. The van der Waals surface area contributed by atoms with Gasteiger partial charge in [-0.2, -0.15) is 0 Å². The Balaban J connectivity index is 1.42. The topological polar surface area (TPSA) is 66.8 Å². The normalized spacial score (nSPS) is 15.5. The second-order valence-electron chi connectivity index (χ2n) is 8.35. The molecule has 33 heavy (non-hydrogen) atoms. The van der Waals surface area contributed by atoms with Gasteiger partial charge in [0.25, 0.3) is 0 Å². The molecule has 0 aliphatic heterocycles. The van der Waals surface area contributed by atoms with E-state index in [2.05, 4.69) is 40.2 Å². The summed E-state index contributed by atoms with van der Waals surface area (Å²) in [6.07, 6.45) is 0.881. The van der Waals surface area contributed by atoms with Gasteiger partial charge in [-0.1, -0.05) is 82.1 Å². The fraction of sp³-hybridized carbons (Fsp3) is 0.231. The van der Waals surface area contributed by atoms with Crippen molar-refractivity contribution in [1.82, 2.24) is 4.90 Å². The smallest absolute Gasteiger partial charge is 0.411 e. The molecule has 1 fully saturated rings. The standard InChI is InChI=1S/C26H21BrClNO4/c27-23-13-15(28)9-12-21(23)24(25(30)31)29(16-10-11-16)26(32)33-14-22-19-7-3-1-5-17(19)18-6-2-4-8-20(18)22/h1-9,12-13,16,22,24H,10-11,14H2,(H,30,31). The number of benzene rings is 3. The quantitative estimate of drug-likeness (QED) is 0.391. The van der Waals surface area contributed by atoms with E-state index in [1.54, 1.807) is 18.2 Å². The molecular weight excluding hydrogens is 506 g/mol. The molecule has 0 bridgehead atoms. The summed E-state index contributed by atoms with van der Waals surface area (Å²) in [5.41, 5.74) is 4.97. The van der Waals surface area contributed by atoms with Gasteiger partial charge in [0.05, 0.1) is 0 Å². The third-order valence-electron chi connectivity index (χ3n) is 6.26.